The summed E-state index contributed by atoms with van der Waals surface area (Å²) < 4.78 is 36.4. The molecule has 0 bridgehead atoms. The van der Waals surface area contributed by atoms with Gasteiger partial charge in [-0.25, -0.2) is 22.8 Å². The summed E-state index contributed by atoms with van der Waals surface area (Å²) in [5.41, 5.74) is 0.941. The van der Waals surface area contributed by atoms with Gasteiger partial charge in [-0.15, -0.1) is 0 Å². The number of benzene rings is 1. The summed E-state index contributed by atoms with van der Waals surface area (Å²) in [4.78, 5) is 10.5. The van der Waals surface area contributed by atoms with Crippen molar-refractivity contribution < 1.29 is 12.8 Å². The van der Waals surface area contributed by atoms with E-state index in [0.29, 0.717) is 31.1 Å². The Kier molecular flexibility index (Phi) is 5.17. The number of sulfone groups is 1. The maximum Gasteiger partial charge on any atom is 0.152 e. The van der Waals surface area contributed by atoms with Crippen LogP contribution in [-0.4, -0.2) is 42.5 Å². The van der Waals surface area contributed by atoms with Gasteiger partial charge in [-0.1, -0.05) is 12.1 Å². The van der Waals surface area contributed by atoms with Gasteiger partial charge in [0.2, 0.25) is 0 Å². The van der Waals surface area contributed by atoms with Crippen LogP contribution in [0.25, 0.3) is 0 Å². The van der Waals surface area contributed by atoms with Gasteiger partial charge in [-0.3, -0.25) is 0 Å². The SMILES string of the molecule is CCN(c1cc(NCc2ccc(F)cc2)ncn1)C1CCS(=O)(=O)C1. The minimum atomic E-state index is -2.95. The first-order valence-electron chi connectivity index (χ1n) is 8.24. The van der Waals surface area contributed by atoms with Crippen LogP contribution in [0.5, 0.6) is 0 Å². The largest absolute Gasteiger partial charge is 0.366 e. The molecule has 0 spiro atoms. The van der Waals surface area contributed by atoms with Gasteiger partial charge < -0.3 is 10.2 Å². The van der Waals surface area contributed by atoms with Crippen molar-refractivity contribution in [2.24, 2.45) is 0 Å². The van der Waals surface area contributed by atoms with Crippen LogP contribution in [-0.2, 0) is 16.4 Å². The van der Waals surface area contributed by atoms with Crippen molar-refractivity contribution in [1.82, 2.24) is 9.97 Å². The van der Waals surface area contributed by atoms with Crippen molar-refractivity contribution in [1.29, 1.82) is 0 Å². The van der Waals surface area contributed by atoms with Gasteiger partial charge in [0.25, 0.3) is 0 Å². The van der Waals surface area contributed by atoms with E-state index in [4.69, 9.17) is 0 Å². The lowest BCUT2D eigenvalue weighted by atomic mass is 10.2. The molecule has 8 heteroatoms. The molecule has 1 saturated heterocycles. The molecular weight excluding hydrogens is 343 g/mol. The van der Waals surface area contributed by atoms with Crippen LogP contribution in [0, 0.1) is 5.82 Å². The van der Waals surface area contributed by atoms with E-state index in [2.05, 4.69) is 15.3 Å². The fourth-order valence-electron chi connectivity index (χ4n) is 3.02. The Morgan fingerprint density at radius 3 is 2.68 bits per heavy atom. The number of nitrogens with zero attached hydrogens (tertiary/aromatic N) is 3. The van der Waals surface area contributed by atoms with Crippen molar-refractivity contribution in [2.45, 2.75) is 25.9 Å². The first-order chi connectivity index (χ1) is 12.0. The third-order valence-electron chi connectivity index (χ3n) is 4.32. The summed E-state index contributed by atoms with van der Waals surface area (Å²) in [5.74, 6) is 1.49. The molecule has 1 fully saturated rings. The van der Waals surface area contributed by atoms with Crippen LogP contribution in [0.1, 0.15) is 18.9 Å². The first-order valence-corrected chi connectivity index (χ1v) is 10.1. The molecule has 1 aliphatic heterocycles. The Hall–Kier alpha value is -2.22. The number of aromatic nitrogens is 2. The fourth-order valence-corrected chi connectivity index (χ4v) is 4.75. The third kappa shape index (κ3) is 4.45. The van der Waals surface area contributed by atoms with Crippen molar-refractivity contribution >= 4 is 21.5 Å². The van der Waals surface area contributed by atoms with E-state index >= 15 is 0 Å². The van der Waals surface area contributed by atoms with Crippen LogP contribution < -0.4 is 10.2 Å². The van der Waals surface area contributed by atoms with Crippen LogP contribution in [0.15, 0.2) is 36.7 Å². The van der Waals surface area contributed by atoms with Gasteiger partial charge >= 0.3 is 0 Å². The first kappa shape index (κ1) is 17.6. The summed E-state index contributed by atoms with van der Waals surface area (Å²) in [7, 11) is -2.95. The molecule has 25 heavy (non-hydrogen) atoms. The van der Waals surface area contributed by atoms with Crippen molar-refractivity contribution in [3.8, 4) is 0 Å². The lowest BCUT2D eigenvalue weighted by Crippen LogP contribution is -2.36. The maximum absolute atomic E-state index is 12.9. The molecule has 6 nitrogen and oxygen atoms in total. The topological polar surface area (TPSA) is 75.2 Å². The molecule has 1 aromatic heterocycles. The van der Waals surface area contributed by atoms with Gasteiger partial charge in [-0.2, -0.15) is 0 Å². The molecular formula is C17H21FN4O2S. The summed E-state index contributed by atoms with van der Waals surface area (Å²) in [6.45, 7) is 3.17. The van der Waals surface area contributed by atoms with E-state index in [1.807, 2.05) is 17.9 Å². The zero-order valence-corrected chi connectivity index (χ0v) is 14.8. The Labute approximate surface area is 147 Å². The zero-order chi connectivity index (χ0) is 17.9. The molecule has 2 heterocycles. The van der Waals surface area contributed by atoms with Crippen LogP contribution in [0.3, 0.4) is 0 Å². The maximum atomic E-state index is 12.9. The van der Waals surface area contributed by atoms with E-state index in [-0.39, 0.29) is 23.4 Å². The molecule has 134 valence electrons. The number of halogens is 1. The standard InChI is InChI=1S/C17H21FN4O2S/c1-2-22(15-7-8-25(23,24)11-15)17-9-16(20-12-21-17)19-10-13-3-5-14(18)6-4-13/h3-6,9,12,15H,2,7-8,10-11H2,1H3,(H,19,20,21). The molecule has 2 aromatic rings. The second-order valence-electron chi connectivity index (χ2n) is 6.08. The summed E-state index contributed by atoms with van der Waals surface area (Å²) >= 11 is 0. The minimum absolute atomic E-state index is 0.0464. The number of hydrogen-bond donors (Lipinski definition) is 1. The Morgan fingerprint density at radius 2 is 2.04 bits per heavy atom. The molecule has 1 aromatic carbocycles. The minimum Gasteiger partial charge on any atom is -0.366 e. The normalized spacial score (nSPS) is 18.9. The van der Waals surface area contributed by atoms with Crippen molar-refractivity contribution in [3.63, 3.8) is 0 Å². The monoisotopic (exact) mass is 364 g/mol. The van der Waals surface area contributed by atoms with E-state index in [0.717, 1.165) is 5.56 Å². The molecule has 0 amide bonds. The van der Waals surface area contributed by atoms with Gasteiger partial charge in [0, 0.05) is 25.2 Å². The van der Waals surface area contributed by atoms with Crippen LogP contribution in [0.4, 0.5) is 16.0 Å². The van der Waals surface area contributed by atoms with Gasteiger partial charge in [0.15, 0.2) is 9.84 Å². The third-order valence-corrected chi connectivity index (χ3v) is 6.07. The molecule has 0 radical (unpaired) electrons. The smallest absolute Gasteiger partial charge is 0.152 e. The number of hydrogen-bond acceptors (Lipinski definition) is 6. The summed E-state index contributed by atoms with van der Waals surface area (Å²) in [6, 6.07) is 8.04. The van der Waals surface area contributed by atoms with Gasteiger partial charge in [0.05, 0.1) is 11.5 Å². The second-order valence-corrected chi connectivity index (χ2v) is 8.31. The number of anilines is 2. The highest BCUT2D eigenvalue weighted by Crippen LogP contribution is 2.24. The predicted molar refractivity (Wildman–Crippen MR) is 95.8 cm³/mol. The van der Waals surface area contributed by atoms with Gasteiger partial charge in [-0.05, 0) is 31.0 Å². The molecule has 0 saturated carbocycles. The van der Waals surface area contributed by atoms with Crippen molar-refractivity contribution in [2.75, 3.05) is 28.3 Å². The molecule has 1 aliphatic rings. The molecule has 1 atom stereocenters. The predicted octanol–water partition coefficient (Wildman–Crippen LogP) is 2.24. The van der Waals surface area contributed by atoms with E-state index in [1.54, 1.807) is 12.1 Å². The summed E-state index contributed by atoms with van der Waals surface area (Å²) in [5, 5.41) is 3.19. The highest BCUT2D eigenvalue weighted by molar-refractivity contribution is 7.91. The highest BCUT2D eigenvalue weighted by Gasteiger charge is 2.32. The van der Waals surface area contributed by atoms with E-state index in [1.165, 1.54) is 18.5 Å². The molecule has 1 N–H and O–H groups in total. The van der Waals surface area contributed by atoms with E-state index < -0.39 is 9.84 Å². The lowest BCUT2D eigenvalue weighted by Gasteiger charge is -2.28. The Balaban J connectivity index is 1.70. The Bertz CT molecular complexity index is 827. The molecule has 0 aliphatic carbocycles. The average Bonchev–Trinajstić information content (AvgIpc) is 2.95. The summed E-state index contributed by atoms with van der Waals surface area (Å²) in [6.07, 6.45) is 2.09. The van der Waals surface area contributed by atoms with Gasteiger partial charge in [0.1, 0.15) is 23.8 Å². The zero-order valence-electron chi connectivity index (χ0n) is 14.0. The number of rotatable bonds is 6. The second kappa shape index (κ2) is 7.35. The van der Waals surface area contributed by atoms with Crippen LogP contribution in [0.2, 0.25) is 0 Å². The fraction of sp³-hybridized carbons (Fsp3) is 0.412. The quantitative estimate of drug-likeness (QED) is 0.847. The Morgan fingerprint density at radius 1 is 1.28 bits per heavy atom. The van der Waals surface area contributed by atoms with E-state index in [9.17, 15) is 12.8 Å². The lowest BCUT2D eigenvalue weighted by molar-refractivity contribution is 0.599. The number of nitrogens with one attached hydrogen (secondary N) is 1. The average molecular weight is 364 g/mol. The molecule has 3 rings (SSSR count). The van der Waals surface area contributed by atoms with Crippen LogP contribution >= 0.6 is 0 Å². The molecule has 1 unspecified atom stereocenters. The highest BCUT2D eigenvalue weighted by atomic mass is 32.2. The van der Waals surface area contributed by atoms with Crippen molar-refractivity contribution in [3.05, 3.63) is 48.0 Å².